The number of nitrogens with zero attached hydrogens (tertiary/aromatic N) is 3. The van der Waals surface area contributed by atoms with Crippen molar-refractivity contribution in [2.45, 2.75) is 25.7 Å². The standard InChI is InChI=1S/C27H27F3N4O/c28-21-7-1-5-19-25-20(6-2-10-32-25)27(33-26(19)21)35-16-17-8-12-34(13-9-17)11-3-4-18-14-22(29)24(31)23(30)15-18/h1-2,5-7,10,14-15,17H,3-4,8-9,11-13,16,31H2. The van der Waals surface area contributed by atoms with Gasteiger partial charge in [0.1, 0.15) is 28.7 Å². The number of nitrogens with two attached hydrogens (primary N) is 1. The molecule has 2 aromatic heterocycles. The molecule has 2 aromatic carbocycles. The van der Waals surface area contributed by atoms with Gasteiger partial charge in [0.15, 0.2) is 0 Å². The zero-order valence-corrected chi connectivity index (χ0v) is 19.3. The summed E-state index contributed by atoms with van der Waals surface area (Å²) >= 11 is 0. The molecule has 0 aliphatic carbocycles. The van der Waals surface area contributed by atoms with E-state index in [1.165, 1.54) is 18.2 Å². The van der Waals surface area contributed by atoms with Crippen LogP contribution in [0.1, 0.15) is 24.8 Å². The summed E-state index contributed by atoms with van der Waals surface area (Å²) < 4.78 is 47.8. The number of aromatic nitrogens is 2. The Balaban J connectivity index is 1.15. The molecule has 4 aromatic rings. The van der Waals surface area contributed by atoms with Crippen LogP contribution in [0, 0.1) is 23.4 Å². The van der Waals surface area contributed by atoms with Gasteiger partial charge in [-0.1, -0.05) is 12.1 Å². The molecule has 1 aliphatic rings. The minimum Gasteiger partial charge on any atom is -0.477 e. The lowest BCUT2D eigenvalue weighted by molar-refractivity contribution is 0.139. The summed E-state index contributed by atoms with van der Waals surface area (Å²) in [6.45, 7) is 3.24. The zero-order chi connectivity index (χ0) is 24.4. The summed E-state index contributed by atoms with van der Waals surface area (Å²) in [7, 11) is 0. The molecular formula is C27H27F3N4O. The van der Waals surface area contributed by atoms with Crippen molar-refractivity contribution in [2.75, 3.05) is 32.0 Å². The van der Waals surface area contributed by atoms with E-state index in [1.807, 2.05) is 18.2 Å². The summed E-state index contributed by atoms with van der Waals surface area (Å²) in [5, 5.41) is 1.45. The maximum atomic E-state index is 14.4. The van der Waals surface area contributed by atoms with Crippen LogP contribution in [0.5, 0.6) is 5.88 Å². The first-order valence-corrected chi connectivity index (χ1v) is 11.9. The lowest BCUT2D eigenvalue weighted by Crippen LogP contribution is -2.36. The zero-order valence-electron chi connectivity index (χ0n) is 19.3. The van der Waals surface area contributed by atoms with E-state index in [0.29, 0.717) is 41.3 Å². The summed E-state index contributed by atoms with van der Waals surface area (Å²) in [5.74, 6) is -1.01. The van der Waals surface area contributed by atoms with Gasteiger partial charge < -0.3 is 15.4 Å². The topological polar surface area (TPSA) is 64.3 Å². The largest absolute Gasteiger partial charge is 0.477 e. The van der Waals surface area contributed by atoms with Gasteiger partial charge in [-0.25, -0.2) is 18.2 Å². The highest BCUT2D eigenvalue weighted by Crippen LogP contribution is 2.31. The number of nitrogen functional groups attached to an aromatic ring is 1. The van der Waals surface area contributed by atoms with E-state index in [9.17, 15) is 13.2 Å². The highest BCUT2D eigenvalue weighted by Gasteiger charge is 2.21. The van der Waals surface area contributed by atoms with Crippen LogP contribution >= 0.6 is 0 Å². The maximum absolute atomic E-state index is 14.4. The molecule has 1 fully saturated rings. The van der Waals surface area contributed by atoms with Gasteiger partial charge in [0.2, 0.25) is 5.88 Å². The molecule has 1 aliphatic heterocycles. The fourth-order valence-corrected chi connectivity index (χ4v) is 4.75. The molecule has 0 atom stereocenters. The summed E-state index contributed by atoms with van der Waals surface area (Å²) in [6, 6.07) is 11.2. The first-order valence-electron chi connectivity index (χ1n) is 11.9. The number of pyridine rings is 2. The van der Waals surface area contributed by atoms with Crippen LogP contribution in [0.15, 0.2) is 48.7 Å². The fourth-order valence-electron chi connectivity index (χ4n) is 4.75. The molecule has 5 nitrogen and oxygen atoms in total. The maximum Gasteiger partial charge on any atom is 0.223 e. The predicted molar refractivity (Wildman–Crippen MR) is 131 cm³/mol. The number of rotatable bonds is 7. The number of ether oxygens (including phenoxy) is 1. The van der Waals surface area contributed by atoms with Gasteiger partial charge in [0, 0.05) is 11.6 Å². The van der Waals surface area contributed by atoms with Crippen molar-refractivity contribution in [3.63, 3.8) is 0 Å². The van der Waals surface area contributed by atoms with Crippen LogP contribution in [0.3, 0.4) is 0 Å². The van der Waals surface area contributed by atoms with Crippen LogP contribution in [0.25, 0.3) is 21.8 Å². The molecule has 0 unspecified atom stereocenters. The average molecular weight is 481 g/mol. The van der Waals surface area contributed by atoms with Crippen LogP contribution in [0.2, 0.25) is 0 Å². The molecule has 0 radical (unpaired) electrons. The fraction of sp³-hybridized carbons (Fsp3) is 0.333. The van der Waals surface area contributed by atoms with Gasteiger partial charge in [-0.3, -0.25) is 4.98 Å². The smallest absolute Gasteiger partial charge is 0.223 e. The Kier molecular flexibility index (Phi) is 6.72. The van der Waals surface area contributed by atoms with E-state index in [2.05, 4.69) is 14.9 Å². The SMILES string of the molecule is Nc1c(F)cc(CCCN2CCC(COc3nc4c(F)cccc4c4ncccc34)CC2)cc1F. The molecule has 182 valence electrons. The Labute approximate surface area is 201 Å². The lowest BCUT2D eigenvalue weighted by Gasteiger charge is -2.31. The molecule has 1 saturated heterocycles. The van der Waals surface area contributed by atoms with E-state index < -0.39 is 23.1 Å². The van der Waals surface area contributed by atoms with Gasteiger partial charge in [-0.2, -0.15) is 0 Å². The van der Waals surface area contributed by atoms with Crippen molar-refractivity contribution in [1.82, 2.24) is 14.9 Å². The number of anilines is 1. The Hall–Kier alpha value is -3.39. The van der Waals surface area contributed by atoms with Gasteiger partial charge in [0.05, 0.1) is 17.5 Å². The second-order valence-electron chi connectivity index (χ2n) is 9.13. The second kappa shape index (κ2) is 10.1. The van der Waals surface area contributed by atoms with Crippen molar-refractivity contribution in [3.8, 4) is 5.88 Å². The lowest BCUT2D eigenvalue weighted by atomic mass is 9.97. The third-order valence-corrected chi connectivity index (χ3v) is 6.73. The van der Waals surface area contributed by atoms with Crippen LogP contribution in [0.4, 0.5) is 18.9 Å². The van der Waals surface area contributed by atoms with Gasteiger partial charge in [0.25, 0.3) is 0 Å². The van der Waals surface area contributed by atoms with Gasteiger partial charge in [-0.05, 0) is 87.1 Å². The van der Waals surface area contributed by atoms with Crippen molar-refractivity contribution < 1.29 is 17.9 Å². The first-order chi connectivity index (χ1) is 17.0. The third-order valence-electron chi connectivity index (χ3n) is 6.73. The van der Waals surface area contributed by atoms with Crippen LogP contribution in [-0.4, -0.2) is 41.1 Å². The molecule has 3 heterocycles. The van der Waals surface area contributed by atoms with Crippen LogP contribution in [-0.2, 0) is 6.42 Å². The third kappa shape index (κ3) is 5.03. The normalized spacial score (nSPS) is 15.2. The molecule has 8 heteroatoms. The molecule has 0 saturated carbocycles. The number of hydrogen-bond donors (Lipinski definition) is 1. The summed E-state index contributed by atoms with van der Waals surface area (Å²) in [6.07, 6.45) is 5.05. The van der Waals surface area contributed by atoms with Gasteiger partial charge in [-0.15, -0.1) is 0 Å². The molecule has 2 N–H and O–H groups in total. The van der Waals surface area contributed by atoms with Crippen molar-refractivity contribution >= 4 is 27.5 Å². The number of para-hydroxylation sites is 1. The van der Waals surface area contributed by atoms with Gasteiger partial charge >= 0.3 is 0 Å². The highest BCUT2D eigenvalue weighted by molar-refractivity contribution is 6.05. The molecule has 35 heavy (non-hydrogen) atoms. The average Bonchev–Trinajstić information content (AvgIpc) is 2.87. The van der Waals surface area contributed by atoms with E-state index in [4.69, 9.17) is 10.5 Å². The minimum absolute atomic E-state index is 0.268. The molecule has 0 amide bonds. The molecule has 5 rings (SSSR count). The van der Waals surface area contributed by atoms with Crippen molar-refractivity contribution in [1.29, 1.82) is 0 Å². The van der Waals surface area contributed by atoms with Crippen molar-refractivity contribution in [3.05, 3.63) is 71.7 Å². The predicted octanol–water partition coefficient (Wildman–Crippen LogP) is 5.51. The Bertz CT molecular complexity index is 1330. The summed E-state index contributed by atoms with van der Waals surface area (Å²) in [4.78, 5) is 11.3. The first kappa shape index (κ1) is 23.4. The molecule has 0 bridgehead atoms. The highest BCUT2D eigenvalue weighted by atomic mass is 19.1. The number of halogens is 3. The number of benzene rings is 2. The van der Waals surface area contributed by atoms with Crippen molar-refractivity contribution in [2.24, 2.45) is 5.92 Å². The Morgan fingerprint density at radius 3 is 2.46 bits per heavy atom. The Morgan fingerprint density at radius 2 is 1.69 bits per heavy atom. The monoisotopic (exact) mass is 480 g/mol. The van der Waals surface area contributed by atoms with E-state index in [1.54, 1.807) is 12.3 Å². The number of piperidine rings is 1. The Morgan fingerprint density at radius 1 is 0.943 bits per heavy atom. The second-order valence-corrected chi connectivity index (χ2v) is 9.13. The van der Waals surface area contributed by atoms with E-state index >= 15 is 0 Å². The van der Waals surface area contributed by atoms with E-state index in [0.717, 1.165) is 44.3 Å². The molecular weight excluding hydrogens is 453 g/mol. The quantitative estimate of drug-likeness (QED) is 0.279. The number of likely N-dealkylation sites (tertiary alicyclic amines) is 1. The van der Waals surface area contributed by atoms with E-state index in [-0.39, 0.29) is 5.52 Å². The number of fused-ring (bicyclic) bond motifs is 3. The number of hydrogen-bond acceptors (Lipinski definition) is 5. The minimum atomic E-state index is -0.701. The molecule has 0 spiro atoms. The summed E-state index contributed by atoms with van der Waals surface area (Å²) in [5.41, 5.74) is 6.49. The van der Waals surface area contributed by atoms with Crippen LogP contribution < -0.4 is 10.5 Å². The number of aryl methyl sites for hydroxylation is 1.